The molecule has 1 aliphatic rings. The van der Waals surface area contributed by atoms with Gasteiger partial charge in [-0.2, -0.15) is 4.31 Å². The van der Waals surface area contributed by atoms with Crippen LogP contribution in [-0.4, -0.2) is 56.6 Å². The molecule has 2 rings (SSSR count). The van der Waals surface area contributed by atoms with E-state index in [0.29, 0.717) is 0 Å². The molecule has 0 aromatic carbocycles. The van der Waals surface area contributed by atoms with Gasteiger partial charge in [-0.15, -0.1) is 0 Å². The number of aromatic nitrogens is 1. The van der Waals surface area contributed by atoms with Gasteiger partial charge in [0.1, 0.15) is 10.0 Å². The number of pyridine rings is 1. The lowest BCUT2D eigenvalue weighted by Crippen LogP contribution is -2.48. The Morgan fingerprint density at radius 3 is 3.00 bits per heavy atom. The molecule has 1 aromatic heterocycles. The highest BCUT2D eigenvalue weighted by molar-refractivity contribution is 7.89. The van der Waals surface area contributed by atoms with Crippen LogP contribution in [0.1, 0.15) is 0 Å². The van der Waals surface area contributed by atoms with Gasteiger partial charge in [-0.3, -0.25) is 0 Å². The Balaban J connectivity index is 2.26. The Labute approximate surface area is 121 Å². The van der Waals surface area contributed by atoms with Gasteiger partial charge in [0.15, 0.2) is 6.10 Å². The zero-order valence-corrected chi connectivity index (χ0v) is 12.2. The number of methoxy groups -OCH3 is 1. The minimum atomic E-state index is -3.82. The first kappa shape index (κ1) is 15.2. The molecule has 0 radical (unpaired) electrons. The third kappa shape index (κ3) is 2.93. The van der Waals surface area contributed by atoms with Gasteiger partial charge in [-0.1, -0.05) is 11.6 Å². The summed E-state index contributed by atoms with van der Waals surface area (Å²) in [5.74, 6) is -0.609. The summed E-state index contributed by atoms with van der Waals surface area (Å²) in [6, 6.07) is 2.85. The van der Waals surface area contributed by atoms with E-state index in [-0.39, 0.29) is 29.7 Å². The molecule has 2 heterocycles. The number of nitrogens with zero attached hydrogens (tertiary/aromatic N) is 2. The van der Waals surface area contributed by atoms with E-state index in [0.717, 1.165) is 4.31 Å². The van der Waals surface area contributed by atoms with Crippen molar-refractivity contribution in [2.75, 3.05) is 26.8 Å². The molecule has 20 heavy (non-hydrogen) atoms. The number of ether oxygens (including phenoxy) is 2. The van der Waals surface area contributed by atoms with E-state index in [2.05, 4.69) is 9.72 Å². The Kier molecular flexibility index (Phi) is 4.59. The molecule has 0 saturated carbocycles. The van der Waals surface area contributed by atoms with Gasteiger partial charge in [0.2, 0.25) is 10.0 Å². The molecule has 1 aliphatic heterocycles. The second-order valence-corrected chi connectivity index (χ2v) is 6.30. The molecule has 0 N–H and O–H groups in total. The minimum absolute atomic E-state index is 0.0906. The molecule has 0 aliphatic carbocycles. The average molecular weight is 321 g/mol. The Hall–Kier alpha value is -1.22. The van der Waals surface area contributed by atoms with Gasteiger partial charge in [0.05, 0.1) is 20.3 Å². The lowest BCUT2D eigenvalue weighted by molar-refractivity contribution is -0.157. The van der Waals surface area contributed by atoms with Crippen molar-refractivity contribution in [3.8, 4) is 0 Å². The summed E-state index contributed by atoms with van der Waals surface area (Å²) in [6.45, 7) is 0.137. The quantitative estimate of drug-likeness (QED) is 0.588. The van der Waals surface area contributed by atoms with Crippen molar-refractivity contribution in [3.63, 3.8) is 0 Å². The highest BCUT2D eigenvalue weighted by atomic mass is 35.5. The molecule has 1 atom stereocenters. The van der Waals surface area contributed by atoms with Crippen LogP contribution in [0.2, 0.25) is 5.15 Å². The van der Waals surface area contributed by atoms with Crippen molar-refractivity contribution in [1.82, 2.24) is 9.29 Å². The van der Waals surface area contributed by atoms with Crippen LogP contribution in [0.4, 0.5) is 0 Å². The molecular formula is C11H13ClN2O5S. The molecule has 0 spiro atoms. The SMILES string of the molecule is COC(=O)C1CN(S(=O)(=O)c2cccnc2Cl)CCO1. The maximum atomic E-state index is 12.5. The highest BCUT2D eigenvalue weighted by Crippen LogP contribution is 2.24. The summed E-state index contributed by atoms with van der Waals surface area (Å²) < 4.78 is 35.8. The van der Waals surface area contributed by atoms with E-state index < -0.39 is 22.1 Å². The number of carbonyl (C=O) groups excluding carboxylic acids is 1. The van der Waals surface area contributed by atoms with Crippen LogP contribution < -0.4 is 0 Å². The summed E-state index contributed by atoms with van der Waals surface area (Å²) in [5.41, 5.74) is 0. The van der Waals surface area contributed by atoms with Gasteiger partial charge in [0.25, 0.3) is 0 Å². The van der Waals surface area contributed by atoms with Crippen molar-refractivity contribution in [2.24, 2.45) is 0 Å². The van der Waals surface area contributed by atoms with Gasteiger partial charge in [0, 0.05) is 12.7 Å². The fraction of sp³-hybridized carbons (Fsp3) is 0.455. The largest absolute Gasteiger partial charge is 0.467 e. The summed E-state index contributed by atoms with van der Waals surface area (Å²) in [7, 11) is -2.60. The van der Waals surface area contributed by atoms with Crippen LogP contribution in [0.3, 0.4) is 0 Å². The molecule has 9 heteroatoms. The fourth-order valence-electron chi connectivity index (χ4n) is 1.82. The first-order valence-corrected chi connectivity index (χ1v) is 7.58. The first-order valence-electron chi connectivity index (χ1n) is 5.77. The summed E-state index contributed by atoms with van der Waals surface area (Å²) in [5, 5.41) is -0.103. The monoisotopic (exact) mass is 320 g/mol. The van der Waals surface area contributed by atoms with Crippen molar-refractivity contribution in [3.05, 3.63) is 23.5 Å². The first-order chi connectivity index (χ1) is 9.46. The topological polar surface area (TPSA) is 85.8 Å². The van der Waals surface area contributed by atoms with E-state index in [1.54, 1.807) is 0 Å². The fourth-order valence-corrected chi connectivity index (χ4v) is 3.67. The Bertz CT molecular complexity index is 607. The van der Waals surface area contributed by atoms with Crippen molar-refractivity contribution < 1.29 is 22.7 Å². The molecule has 1 fully saturated rings. The number of esters is 1. The normalized spacial score (nSPS) is 20.6. The maximum absolute atomic E-state index is 12.5. The lowest BCUT2D eigenvalue weighted by Gasteiger charge is -2.30. The maximum Gasteiger partial charge on any atom is 0.336 e. The van der Waals surface area contributed by atoms with E-state index in [1.807, 2.05) is 0 Å². The summed E-state index contributed by atoms with van der Waals surface area (Å²) in [6.07, 6.45) is 0.469. The smallest absolute Gasteiger partial charge is 0.336 e. The lowest BCUT2D eigenvalue weighted by atomic mass is 10.3. The summed E-state index contributed by atoms with van der Waals surface area (Å²) in [4.78, 5) is 15.1. The molecule has 110 valence electrons. The van der Waals surface area contributed by atoms with Crippen LogP contribution in [0, 0.1) is 0 Å². The molecule has 1 aromatic rings. The highest BCUT2D eigenvalue weighted by Gasteiger charge is 2.35. The van der Waals surface area contributed by atoms with Gasteiger partial charge in [-0.05, 0) is 12.1 Å². The van der Waals surface area contributed by atoms with Crippen LogP contribution in [0.5, 0.6) is 0 Å². The second-order valence-electron chi connectivity index (χ2n) is 4.04. The molecule has 1 saturated heterocycles. The van der Waals surface area contributed by atoms with Gasteiger partial charge < -0.3 is 9.47 Å². The zero-order chi connectivity index (χ0) is 14.8. The van der Waals surface area contributed by atoms with Crippen molar-refractivity contribution >= 4 is 27.6 Å². The molecule has 0 amide bonds. The van der Waals surface area contributed by atoms with Gasteiger partial charge >= 0.3 is 5.97 Å². The molecule has 7 nitrogen and oxygen atoms in total. The number of hydrogen-bond acceptors (Lipinski definition) is 6. The van der Waals surface area contributed by atoms with Gasteiger partial charge in [-0.25, -0.2) is 18.2 Å². The Morgan fingerprint density at radius 2 is 2.35 bits per heavy atom. The predicted octanol–water partition coefficient (Wildman–Crippen LogP) is 0.297. The van der Waals surface area contributed by atoms with Crippen LogP contribution >= 0.6 is 11.6 Å². The molecule has 0 bridgehead atoms. The van der Waals surface area contributed by atoms with E-state index in [1.165, 1.54) is 25.4 Å². The zero-order valence-electron chi connectivity index (χ0n) is 10.7. The number of morpholine rings is 1. The second kappa shape index (κ2) is 6.04. The predicted molar refractivity (Wildman–Crippen MR) is 69.8 cm³/mol. The summed E-state index contributed by atoms with van der Waals surface area (Å²) >= 11 is 5.81. The van der Waals surface area contributed by atoms with Crippen LogP contribution in [0.15, 0.2) is 23.2 Å². The molecule has 1 unspecified atom stereocenters. The number of carbonyl (C=O) groups is 1. The number of hydrogen-bond donors (Lipinski definition) is 0. The van der Waals surface area contributed by atoms with Crippen LogP contribution in [-0.2, 0) is 24.3 Å². The number of sulfonamides is 1. The van der Waals surface area contributed by atoms with Crippen LogP contribution in [0.25, 0.3) is 0 Å². The minimum Gasteiger partial charge on any atom is -0.467 e. The van der Waals surface area contributed by atoms with Crippen molar-refractivity contribution in [1.29, 1.82) is 0 Å². The number of rotatable bonds is 3. The third-order valence-corrected chi connectivity index (χ3v) is 5.15. The third-order valence-electron chi connectivity index (χ3n) is 2.84. The van der Waals surface area contributed by atoms with E-state index in [9.17, 15) is 13.2 Å². The van der Waals surface area contributed by atoms with Crippen molar-refractivity contribution in [2.45, 2.75) is 11.0 Å². The number of halogens is 1. The Morgan fingerprint density at radius 1 is 1.60 bits per heavy atom. The van der Waals surface area contributed by atoms with E-state index in [4.69, 9.17) is 16.3 Å². The average Bonchev–Trinajstić information content (AvgIpc) is 2.47. The van der Waals surface area contributed by atoms with E-state index >= 15 is 0 Å². The molecular weight excluding hydrogens is 308 g/mol. The standard InChI is InChI=1S/C11H13ClN2O5S/c1-18-11(15)8-7-14(5-6-19-8)20(16,17)9-3-2-4-13-10(9)12/h2-4,8H,5-7H2,1H3.